The molecule has 1 heterocycles. The van der Waals surface area contributed by atoms with Gasteiger partial charge in [0, 0.05) is 10.6 Å². The molecule has 0 fully saturated rings. The monoisotopic (exact) mass is 297 g/mol. The summed E-state index contributed by atoms with van der Waals surface area (Å²) in [7, 11) is 0. The molecule has 0 saturated heterocycles. The van der Waals surface area contributed by atoms with E-state index >= 15 is 0 Å². The zero-order valence-corrected chi connectivity index (χ0v) is 11.2. The Balaban J connectivity index is 2.23. The molecule has 1 unspecified atom stereocenters. The van der Waals surface area contributed by atoms with Crippen LogP contribution in [0.25, 0.3) is 5.03 Å². The van der Waals surface area contributed by atoms with Crippen molar-refractivity contribution in [1.29, 1.82) is 0 Å². The SMILES string of the molecule is ClC1=C(Cl)C(c2ncncn2)c2cccc(Cl)c21. The lowest BCUT2D eigenvalue weighted by Gasteiger charge is -2.10. The molecule has 18 heavy (non-hydrogen) atoms. The fraction of sp³-hybridized carbons (Fsp3) is 0.0833. The van der Waals surface area contributed by atoms with Crippen LogP contribution in [-0.2, 0) is 0 Å². The Morgan fingerprint density at radius 1 is 1.00 bits per heavy atom. The molecule has 6 heteroatoms. The van der Waals surface area contributed by atoms with Crippen LogP contribution in [0.4, 0.5) is 0 Å². The Bertz CT molecular complexity index is 640. The first kappa shape index (κ1) is 11.9. The number of rotatable bonds is 1. The predicted octanol–water partition coefficient (Wildman–Crippen LogP) is 3.82. The van der Waals surface area contributed by atoms with E-state index in [2.05, 4.69) is 15.0 Å². The number of allylic oxidation sites excluding steroid dienone is 1. The summed E-state index contributed by atoms with van der Waals surface area (Å²) in [6.45, 7) is 0. The standard InChI is InChI=1S/C12H6Cl3N3/c13-7-3-1-2-6-8(7)10(14)11(15)9(6)12-17-4-16-5-18-12/h1-5,9H. The van der Waals surface area contributed by atoms with E-state index in [0.29, 0.717) is 20.9 Å². The molecule has 0 N–H and O–H groups in total. The maximum Gasteiger partial charge on any atom is 0.144 e. The van der Waals surface area contributed by atoms with Gasteiger partial charge in [0.15, 0.2) is 0 Å². The van der Waals surface area contributed by atoms with Gasteiger partial charge in [0.05, 0.1) is 16.0 Å². The van der Waals surface area contributed by atoms with Crippen molar-refractivity contribution in [2.45, 2.75) is 5.92 Å². The molecule has 90 valence electrons. The molecule has 0 amide bonds. The second-order valence-electron chi connectivity index (χ2n) is 3.80. The summed E-state index contributed by atoms with van der Waals surface area (Å²) in [6, 6.07) is 5.56. The van der Waals surface area contributed by atoms with Gasteiger partial charge in [-0.25, -0.2) is 15.0 Å². The van der Waals surface area contributed by atoms with Crippen LogP contribution in [0.5, 0.6) is 0 Å². The van der Waals surface area contributed by atoms with Crippen molar-refractivity contribution in [3.05, 3.63) is 57.9 Å². The number of benzene rings is 1. The zero-order valence-electron chi connectivity index (χ0n) is 8.94. The fourth-order valence-electron chi connectivity index (χ4n) is 2.05. The Hall–Kier alpha value is -1.16. The highest BCUT2D eigenvalue weighted by Gasteiger charge is 2.34. The number of aromatic nitrogens is 3. The molecule has 0 bridgehead atoms. The van der Waals surface area contributed by atoms with Crippen LogP contribution in [0.1, 0.15) is 22.9 Å². The van der Waals surface area contributed by atoms with E-state index in [1.54, 1.807) is 6.07 Å². The van der Waals surface area contributed by atoms with Crippen molar-refractivity contribution in [3.63, 3.8) is 0 Å². The van der Waals surface area contributed by atoms with E-state index in [4.69, 9.17) is 34.8 Å². The van der Waals surface area contributed by atoms with Gasteiger partial charge in [0.1, 0.15) is 18.5 Å². The van der Waals surface area contributed by atoms with Crippen molar-refractivity contribution in [2.75, 3.05) is 0 Å². The van der Waals surface area contributed by atoms with Crippen LogP contribution < -0.4 is 0 Å². The molecule has 2 aromatic rings. The van der Waals surface area contributed by atoms with E-state index in [9.17, 15) is 0 Å². The van der Waals surface area contributed by atoms with Crippen LogP contribution in [0.2, 0.25) is 5.02 Å². The minimum atomic E-state index is -0.268. The van der Waals surface area contributed by atoms with Gasteiger partial charge in [-0.1, -0.05) is 46.9 Å². The molecular weight excluding hydrogens is 293 g/mol. The van der Waals surface area contributed by atoms with Gasteiger partial charge in [0.2, 0.25) is 0 Å². The first-order chi connectivity index (χ1) is 8.70. The van der Waals surface area contributed by atoms with Gasteiger partial charge in [0.25, 0.3) is 0 Å². The third-order valence-electron chi connectivity index (χ3n) is 2.81. The van der Waals surface area contributed by atoms with Gasteiger partial charge in [-0.05, 0) is 11.6 Å². The molecule has 1 aromatic carbocycles. The van der Waals surface area contributed by atoms with Crippen molar-refractivity contribution < 1.29 is 0 Å². The van der Waals surface area contributed by atoms with Gasteiger partial charge in [-0.3, -0.25) is 0 Å². The van der Waals surface area contributed by atoms with Gasteiger partial charge in [-0.2, -0.15) is 0 Å². The van der Waals surface area contributed by atoms with Crippen LogP contribution in [0, 0.1) is 0 Å². The summed E-state index contributed by atoms with van der Waals surface area (Å²) in [6.07, 6.45) is 2.87. The first-order valence-corrected chi connectivity index (χ1v) is 6.29. The highest BCUT2D eigenvalue weighted by molar-refractivity contribution is 6.57. The number of halogens is 3. The van der Waals surface area contributed by atoms with E-state index in [1.807, 2.05) is 12.1 Å². The Kier molecular flexibility index (Phi) is 2.98. The van der Waals surface area contributed by atoms with E-state index in [0.717, 1.165) is 11.1 Å². The van der Waals surface area contributed by atoms with Crippen molar-refractivity contribution in [2.24, 2.45) is 0 Å². The third-order valence-corrected chi connectivity index (χ3v) is 4.02. The minimum absolute atomic E-state index is 0.268. The summed E-state index contributed by atoms with van der Waals surface area (Å²) in [5, 5.41) is 1.53. The summed E-state index contributed by atoms with van der Waals surface area (Å²) < 4.78 is 0. The molecule has 1 aromatic heterocycles. The van der Waals surface area contributed by atoms with Crippen LogP contribution in [0.15, 0.2) is 35.9 Å². The largest absolute Gasteiger partial charge is 0.225 e. The van der Waals surface area contributed by atoms with Crippen LogP contribution in [-0.4, -0.2) is 15.0 Å². The average Bonchev–Trinajstić information content (AvgIpc) is 2.64. The van der Waals surface area contributed by atoms with Gasteiger partial charge >= 0.3 is 0 Å². The third kappa shape index (κ3) is 1.70. The summed E-state index contributed by atoms with van der Waals surface area (Å²) in [4.78, 5) is 12.1. The average molecular weight is 299 g/mol. The lowest BCUT2D eigenvalue weighted by atomic mass is 10.00. The minimum Gasteiger partial charge on any atom is -0.225 e. The van der Waals surface area contributed by atoms with Crippen molar-refractivity contribution >= 4 is 39.8 Å². The molecule has 3 nitrogen and oxygen atoms in total. The van der Waals surface area contributed by atoms with Crippen molar-refractivity contribution in [3.8, 4) is 0 Å². The van der Waals surface area contributed by atoms with Crippen LogP contribution >= 0.6 is 34.8 Å². The number of hydrogen-bond donors (Lipinski definition) is 0. The van der Waals surface area contributed by atoms with E-state index in [1.165, 1.54) is 12.7 Å². The molecule has 3 rings (SSSR count). The summed E-state index contributed by atoms with van der Waals surface area (Å²) in [5.74, 6) is 0.296. The van der Waals surface area contributed by atoms with Gasteiger partial charge < -0.3 is 0 Å². The lowest BCUT2D eigenvalue weighted by Crippen LogP contribution is -2.04. The predicted molar refractivity (Wildman–Crippen MR) is 71.7 cm³/mol. The molecule has 0 radical (unpaired) electrons. The molecule has 1 atom stereocenters. The quantitative estimate of drug-likeness (QED) is 0.803. The van der Waals surface area contributed by atoms with Crippen molar-refractivity contribution in [1.82, 2.24) is 15.0 Å². The molecule has 0 saturated carbocycles. The van der Waals surface area contributed by atoms with E-state index in [-0.39, 0.29) is 5.92 Å². The second-order valence-corrected chi connectivity index (χ2v) is 4.99. The molecule has 0 spiro atoms. The lowest BCUT2D eigenvalue weighted by molar-refractivity contribution is 0.851. The normalized spacial score (nSPS) is 18.1. The highest BCUT2D eigenvalue weighted by atomic mass is 35.5. The number of fused-ring (bicyclic) bond motifs is 1. The second kappa shape index (κ2) is 4.50. The van der Waals surface area contributed by atoms with Crippen LogP contribution in [0.3, 0.4) is 0 Å². The smallest absolute Gasteiger partial charge is 0.144 e. The topological polar surface area (TPSA) is 38.7 Å². The Morgan fingerprint density at radius 3 is 2.44 bits per heavy atom. The number of nitrogens with zero attached hydrogens (tertiary/aromatic N) is 3. The maximum absolute atomic E-state index is 6.29. The Labute approximate surface area is 118 Å². The number of hydrogen-bond acceptors (Lipinski definition) is 3. The fourth-order valence-corrected chi connectivity index (χ4v) is 3.00. The first-order valence-electron chi connectivity index (χ1n) is 5.16. The summed E-state index contributed by atoms with van der Waals surface area (Å²) >= 11 is 18.7. The zero-order chi connectivity index (χ0) is 12.7. The molecule has 1 aliphatic carbocycles. The summed E-state index contributed by atoms with van der Waals surface area (Å²) in [5.41, 5.74) is 1.68. The van der Waals surface area contributed by atoms with E-state index < -0.39 is 0 Å². The van der Waals surface area contributed by atoms with Gasteiger partial charge in [-0.15, -0.1) is 0 Å². The maximum atomic E-state index is 6.29. The molecular formula is C12H6Cl3N3. The Morgan fingerprint density at radius 2 is 1.72 bits per heavy atom. The molecule has 0 aliphatic heterocycles. The highest BCUT2D eigenvalue weighted by Crippen LogP contribution is 2.50. The molecule has 1 aliphatic rings.